The molecule has 1 N–H and O–H groups in total. The smallest absolute Gasteiger partial charge is 0.256 e. The van der Waals surface area contributed by atoms with Crippen molar-refractivity contribution in [2.24, 2.45) is 0 Å². The predicted molar refractivity (Wildman–Crippen MR) is 109 cm³/mol. The minimum atomic E-state index is -3.17. The van der Waals surface area contributed by atoms with Crippen molar-refractivity contribution in [1.29, 1.82) is 0 Å². The van der Waals surface area contributed by atoms with E-state index in [4.69, 9.17) is 0 Å². The summed E-state index contributed by atoms with van der Waals surface area (Å²) in [6, 6.07) is 16.0. The van der Waals surface area contributed by atoms with Gasteiger partial charge in [0, 0.05) is 22.4 Å². The first kappa shape index (κ1) is 19.3. The maximum Gasteiger partial charge on any atom is 0.256 e. The first-order valence-electron chi connectivity index (χ1n) is 8.12. The van der Waals surface area contributed by atoms with E-state index < -0.39 is 9.84 Å². The van der Waals surface area contributed by atoms with Crippen LogP contribution < -0.4 is 5.32 Å². The zero-order valence-electron chi connectivity index (χ0n) is 14.8. The van der Waals surface area contributed by atoms with E-state index in [0.29, 0.717) is 16.9 Å². The van der Waals surface area contributed by atoms with Crippen LogP contribution in [0.4, 0.5) is 5.82 Å². The molecule has 27 heavy (non-hydrogen) atoms. The molecule has 0 fully saturated rings. The average molecular weight is 448 g/mol. The van der Waals surface area contributed by atoms with Crippen molar-refractivity contribution in [2.45, 2.75) is 12.7 Å². The number of carbonyl (C=O) groups excluding carboxylic acids is 1. The van der Waals surface area contributed by atoms with E-state index in [1.807, 2.05) is 31.2 Å². The maximum absolute atomic E-state index is 12.7. The molecule has 6 nitrogen and oxygen atoms in total. The van der Waals surface area contributed by atoms with Crippen molar-refractivity contribution in [1.82, 2.24) is 9.78 Å². The Hall–Kier alpha value is -2.45. The van der Waals surface area contributed by atoms with Gasteiger partial charge in [-0.15, -0.1) is 0 Å². The SMILES string of the molecule is Cc1cc(NC(=O)c2cccc(CS(C)(=O)=O)c2)n(-c2cccc(Br)c2)n1. The summed E-state index contributed by atoms with van der Waals surface area (Å²) in [5.74, 6) is 0.0917. The molecule has 1 heterocycles. The van der Waals surface area contributed by atoms with Gasteiger partial charge in [0.2, 0.25) is 0 Å². The Morgan fingerprint density at radius 3 is 2.59 bits per heavy atom. The van der Waals surface area contributed by atoms with Crippen LogP contribution in [-0.4, -0.2) is 30.4 Å². The molecule has 1 amide bonds. The van der Waals surface area contributed by atoms with E-state index in [9.17, 15) is 13.2 Å². The molecule has 0 saturated heterocycles. The van der Waals surface area contributed by atoms with E-state index in [1.54, 1.807) is 35.0 Å². The van der Waals surface area contributed by atoms with Crippen molar-refractivity contribution in [2.75, 3.05) is 11.6 Å². The van der Waals surface area contributed by atoms with Crippen molar-refractivity contribution < 1.29 is 13.2 Å². The first-order valence-corrected chi connectivity index (χ1v) is 11.0. The summed E-state index contributed by atoms with van der Waals surface area (Å²) in [5.41, 5.74) is 2.52. The molecular formula is C19H18BrN3O3S. The average Bonchev–Trinajstić information content (AvgIpc) is 2.94. The number of anilines is 1. The fourth-order valence-electron chi connectivity index (χ4n) is 2.69. The molecule has 0 bridgehead atoms. The molecule has 1 aromatic heterocycles. The highest BCUT2D eigenvalue weighted by molar-refractivity contribution is 9.10. The van der Waals surface area contributed by atoms with E-state index >= 15 is 0 Å². The van der Waals surface area contributed by atoms with Crippen molar-refractivity contribution in [3.05, 3.63) is 75.9 Å². The Morgan fingerprint density at radius 2 is 1.89 bits per heavy atom. The maximum atomic E-state index is 12.7. The monoisotopic (exact) mass is 447 g/mol. The van der Waals surface area contributed by atoms with Crippen LogP contribution in [0.15, 0.2) is 59.1 Å². The van der Waals surface area contributed by atoms with Gasteiger partial charge in [-0.05, 0) is 42.8 Å². The van der Waals surface area contributed by atoms with Crippen molar-refractivity contribution in [3.8, 4) is 5.69 Å². The van der Waals surface area contributed by atoms with Crippen molar-refractivity contribution in [3.63, 3.8) is 0 Å². The molecular weight excluding hydrogens is 430 g/mol. The van der Waals surface area contributed by atoms with Crippen LogP contribution in [0, 0.1) is 6.92 Å². The lowest BCUT2D eigenvalue weighted by Crippen LogP contribution is -2.15. The van der Waals surface area contributed by atoms with Gasteiger partial charge in [0.1, 0.15) is 5.82 Å². The minimum absolute atomic E-state index is 0.108. The number of nitrogens with one attached hydrogen (secondary N) is 1. The Morgan fingerprint density at radius 1 is 1.15 bits per heavy atom. The van der Waals surface area contributed by atoms with E-state index in [1.165, 1.54) is 6.26 Å². The molecule has 140 valence electrons. The van der Waals surface area contributed by atoms with Crippen LogP contribution in [0.5, 0.6) is 0 Å². The summed E-state index contributed by atoms with van der Waals surface area (Å²) >= 11 is 3.43. The third-order valence-corrected chi connectivity index (χ3v) is 5.09. The number of nitrogens with zero attached hydrogens (tertiary/aromatic N) is 2. The van der Waals surface area contributed by atoms with Gasteiger partial charge < -0.3 is 5.32 Å². The summed E-state index contributed by atoms with van der Waals surface area (Å²) in [7, 11) is -3.17. The molecule has 0 spiro atoms. The van der Waals surface area contributed by atoms with Crippen LogP contribution >= 0.6 is 15.9 Å². The summed E-state index contributed by atoms with van der Waals surface area (Å²) in [6.45, 7) is 1.84. The Balaban J connectivity index is 1.88. The van der Waals surface area contributed by atoms with Gasteiger partial charge in [-0.2, -0.15) is 5.10 Å². The van der Waals surface area contributed by atoms with Gasteiger partial charge in [0.05, 0.1) is 17.1 Å². The molecule has 0 aliphatic rings. The van der Waals surface area contributed by atoms with Gasteiger partial charge in [0.25, 0.3) is 5.91 Å². The van der Waals surface area contributed by atoms with Gasteiger partial charge in [0.15, 0.2) is 9.84 Å². The summed E-state index contributed by atoms with van der Waals surface area (Å²) < 4.78 is 25.5. The topological polar surface area (TPSA) is 81.1 Å². The lowest BCUT2D eigenvalue weighted by Gasteiger charge is -2.10. The lowest BCUT2D eigenvalue weighted by atomic mass is 10.1. The molecule has 0 radical (unpaired) electrons. The number of hydrogen-bond donors (Lipinski definition) is 1. The number of aromatic nitrogens is 2. The zero-order chi connectivity index (χ0) is 19.6. The van der Waals surface area contributed by atoms with E-state index in [0.717, 1.165) is 15.9 Å². The largest absolute Gasteiger partial charge is 0.306 e. The predicted octanol–water partition coefficient (Wildman–Crippen LogP) is 3.74. The quantitative estimate of drug-likeness (QED) is 0.645. The number of hydrogen-bond acceptors (Lipinski definition) is 4. The minimum Gasteiger partial charge on any atom is -0.306 e. The molecule has 0 aliphatic carbocycles. The molecule has 8 heteroatoms. The number of benzene rings is 2. The Labute approximate surface area is 166 Å². The number of halogens is 1. The van der Waals surface area contributed by atoms with Crippen LogP contribution in [0.3, 0.4) is 0 Å². The van der Waals surface area contributed by atoms with Crippen LogP contribution in [0.2, 0.25) is 0 Å². The number of rotatable bonds is 5. The third kappa shape index (κ3) is 5.05. The normalized spacial score (nSPS) is 11.4. The van der Waals surface area contributed by atoms with Gasteiger partial charge in [-0.25, -0.2) is 13.1 Å². The third-order valence-electron chi connectivity index (χ3n) is 3.74. The summed E-state index contributed by atoms with van der Waals surface area (Å²) in [4.78, 5) is 12.7. The number of amides is 1. The fourth-order valence-corrected chi connectivity index (χ4v) is 3.86. The number of sulfone groups is 1. The molecule has 0 saturated carbocycles. The van der Waals surface area contributed by atoms with Crippen LogP contribution in [-0.2, 0) is 15.6 Å². The molecule has 0 atom stereocenters. The van der Waals surface area contributed by atoms with E-state index in [2.05, 4.69) is 26.3 Å². The highest BCUT2D eigenvalue weighted by atomic mass is 79.9. The van der Waals surface area contributed by atoms with Crippen LogP contribution in [0.1, 0.15) is 21.6 Å². The highest BCUT2D eigenvalue weighted by Gasteiger charge is 2.14. The van der Waals surface area contributed by atoms with Crippen molar-refractivity contribution >= 4 is 37.5 Å². The standard InChI is InChI=1S/C19H18BrN3O3S/c1-13-9-18(23(22-13)17-8-4-7-16(20)11-17)21-19(24)15-6-3-5-14(10-15)12-27(2,25)26/h3-11H,12H2,1-2H3,(H,21,24). The molecule has 0 unspecified atom stereocenters. The molecule has 3 rings (SSSR count). The lowest BCUT2D eigenvalue weighted by molar-refractivity contribution is 0.102. The second-order valence-electron chi connectivity index (χ2n) is 6.29. The Kier molecular flexibility index (Phi) is 5.48. The summed E-state index contributed by atoms with van der Waals surface area (Å²) in [5, 5.41) is 7.29. The van der Waals surface area contributed by atoms with Crippen LogP contribution in [0.25, 0.3) is 5.69 Å². The molecule has 2 aromatic carbocycles. The first-order chi connectivity index (χ1) is 12.7. The Bertz CT molecular complexity index is 1110. The second-order valence-corrected chi connectivity index (χ2v) is 9.34. The molecule has 0 aliphatic heterocycles. The molecule has 3 aromatic rings. The fraction of sp³-hybridized carbons (Fsp3) is 0.158. The number of aryl methyl sites for hydroxylation is 1. The van der Waals surface area contributed by atoms with Gasteiger partial charge in [-0.3, -0.25) is 4.79 Å². The summed E-state index contributed by atoms with van der Waals surface area (Å²) in [6.07, 6.45) is 1.17. The number of carbonyl (C=O) groups is 1. The zero-order valence-corrected chi connectivity index (χ0v) is 17.2. The highest BCUT2D eigenvalue weighted by Crippen LogP contribution is 2.21. The van der Waals surface area contributed by atoms with E-state index in [-0.39, 0.29) is 11.7 Å². The second kappa shape index (κ2) is 7.66. The van der Waals surface area contributed by atoms with Gasteiger partial charge >= 0.3 is 0 Å². The van der Waals surface area contributed by atoms with Gasteiger partial charge in [-0.1, -0.05) is 34.1 Å².